The third kappa shape index (κ3) is 2.86. The summed E-state index contributed by atoms with van der Waals surface area (Å²) in [4.78, 5) is 4.33. The third-order valence-corrected chi connectivity index (χ3v) is 3.94. The van der Waals surface area contributed by atoms with Crippen molar-refractivity contribution in [3.63, 3.8) is 0 Å². The van der Waals surface area contributed by atoms with E-state index >= 15 is 0 Å². The van der Waals surface area contributed by atoms with E-state index in [9.17, 15) is 4.39 Å². The van der Waals surface area contributed by atoms with Gasteiger partial charge in [-0.1, -0.05) is 23.7 Å². The highest BCUT2D eigenvalue weighted by Gasteiger charge is 2.21. The largest absolute Gasteiger partial charge is 0.326 e. The van der Waals surface area contributed by atoms with Crippen LogP contribution in [0.1, 0.15) is 29.9 Å². The van der Waals surface area contributed by atoms with Gasteiger partial charge < -0.3 is 9.88 Å². The Balaban J connectivity index is 1.81. The number of benzene rings is 1. The molecule has 1 fully saturated rings. The molecule has 20 heavy (non-hydrogen) atoms. The average molecular weight is 294 g/mol. The fraction of sp³-hybridized carbons (Fsp3) is 0.400. The number of aromatic nitrogens is 2. The molecule has 0 amide bonds. The van der Waals surface area contributed by atoms with Gasteiger partial charge in [0, 0.05) is 24.3 Å². The molecule has 0 unspecified atom stereocenters. The van der Waals surface area contributed by atoms with Crippen LogP contribution in [0.2, 0.25) is 5.02 Å². The summed E-state index contributed by atoms with van der Waals surface area (Å²) in [5.41, 5.74) is 1.67. The molecular weight excluding hydrogens is 277 g/mol. The van der Waals surface area contributed by atoms with Gasteiger partial charge in [-0.3, -0.25) is 0 Å². The summed E-state index contributed by atoms with van der Waals surface area (Å²) in [6.45, 7) is 3.16. The molecule has 0 aliphatic heterocycles. The molecule has 3 rings (SSSR count). The minimum atomic E-state index is -0.344. The first-order valence-corrected chi connectivity index (χ1v) is 7.20. The van der Waals surface area contributed by atoms with Crippen molar-refractivity contribution in [2.24, 2.45) is 0 Å². The summed E-state index contributed by atoms with van der Waals surface area (Å²) in [6, 6.07) is 5.74. The quantitative estimate of drug-likeness (QED) is 0.917. The Labute approximate surface area is 122 Å². The molecular formula is C15H17ClFN3. The van der Waals surface area contributed by atoms with E-state index in [4.69, 9.17) is 11.6 Å². The highest BCUT2D eigenvalue weighted by molar-refractivity contribution is 6.30. The number of hydrogen-bond acceptors (Lipinski definition) is 2. The van der Waals surface area contributed by atoms with Crippen molar-refractivity contribution in [3.8, 4) is 0 Å². The second kappa shape index (κ2) is 5.54. The molecule has 1 aromatic carbocycles. The molecule has 1 aliphatic carbocycles. The maximum absolute atomic E-state index is 14.0. The Morgan fingerprint density at radius 3 is 3.00 bits per heavy atom. The van der Waals surface area contributed by atoms with Gasteiger partial charge in [-0.2, -0.15) is 0 Å². The lowest BCUT2D eigenvalue weighted by Crippen LogP contribution is -2.19. The zero-order valence-electron chi connectivity index (χ0n) is 11.4. The minimum absolute atomic E-state index is 0.165. The van der Waals surface area contributed by atoms with Crippen LogP contribution in [-0.4, -0.2) is 15.6 Å². The fourth-order valence-electron chi connectivity index (χ4n) is 2.25. The third-order valence-electron chi connectivity index (χ3n) is 3.65. The van der Waals surface area contributed by atoms with Crippen molar-refractivity contribution in [1.29, 1.82) is 0 Å². The van der Waals surface area contributed by atoms with Crippen molar-refractivity contribution in [2.45, 2.75) is 38.9 Å². The van der Waals surface area contributed by atoms with E-state index < -0.39 is 0 Å². The van der Waals surface area contributed by atoms with E-state index in [1.54, 1.807) is 18.2 Å². The Kier molecular flexibility index (Phi) is 3.76. The first-order chi connectivity index (χ1) is 9.65. The Morgan fingerprint density at radius 1 is 1.45 bits per heavy atom. The van der Waals surface area contributed by atoms with Gasteiger partial charge in [-0.15, -0.1) is 0 Å². The highest BCUT2D eigenvalue weighted by atomic mass is 35.5. The standard InChI is InChI=1S/C15H17ClFN3/c1-10-18-7-13(8-19-12-5-6-12)20(10)9-11-3-2-4-14(16)15(11)17/h2-4,7,12,19H,5-6,8-9H2,1H3. The summed E-state index contributed by atoms with van der Waals surface area (Å²) in [7, 11) is 0. The number of imidazole rings is 1. The summed E-state index contributed by atoms with van der Waals surface area (Å²) >= 11 is 5.83. The van der Waals surface area contributed by atoms with Gasteiger partial charge in [0.15, 0.2) is 0 Å². The maximum atomic E-state index is 14.0. The topological polar surface area (TPSA) is 29.9 Å². The molecule has 3 nitrogen and oxygen atoms in total. The lowest BCUT2D eigenvalue weighted by Gasteiger charge is -2.12. The number of hydrogen-bond donors (Lipinski definition) is 1. The molecule has 0 radical (unpaired) electrons. The van der Waals surface area contributed by atoms with E-state index in [0.29, 0.717) is 18.2 Å². The van der Waals surface area contributed by atoms with E-state index in [2.05, 4.69) is 10.3 Å². The van der Waals surface area contributed by atoms with Crippen LogP contribution in [0.3, 0.4) is 0 Å². The van der Waals surface area contributed by atoms with Crippen LogP contribution in [0.25, 0.3) is 0 Å². The number of nitrogens with one attached hydrogen (secondary N) is 1. The van der Waals surface area contributed by atoms with Gasteiger partial charge >= 0.3 is 0 Å². The molecule has 1 aromatic heterocycles. The number of aryl methyl sites for hydroxylation is 1. The summed E-state index contributed by atoms with van der Waals surface area (Å²) in [5.74, 6) is 0.542. The predicted octanol–water partition coefficient (Wildman–Crippen LogP) is 3.28. The molecule has 106 valence electrons. The molecule has 1 heterocycles. The zero-order chi connectivity index (χ0) is 14.1. The van der Waals surface area contributed by atoms with Crippen molar-refractivity contribution in [1.82, 2.24) is 14.9 Å². The second-order valence-corrected chi connectivity index (χ2v) is 5.66. The first-order valence-electron chi connectivity index (χ1n) is 6.82. The summed E-state index contributed by atoms with van der Waals surface area (Å²) in [5, 5.41) is 3.62. The second-order valence-electron chi connectivity index (χ2n) is 5.25. The van der Waals surface area contributed by atoms with Gasteiger partial charge in [-0.05, 0) is 25.8 Å². The molecule has 1 saturated carbocycles. The lowest BCUT2D eigenvalue weighted by atomic mass is 10.2. The van der Waals surface area contributed by atoms with Crippen LogP contribution < -0.4 is 5.32 Å². The van der Waals surface area contributed by atoms with Crippen molar-refractivity contribution < 1.29 is 4.39 Å². The van der Waals surface area contributed by atoms with Gasteiger partial charge in [0.05, 0.1) is 17.3 Å². The lowest BCUT2D eigenvalue weighted by molar-refractivity contribution is 0.582. The molecule has 1 N–H and O–H groups in total. The predicted molar refractivity (Wildman–Crippen MR) is 77.3 cm³/mol. The molecule has 0 atom stereocenters. The van der Waals surface area contributed by atoms with Gasteiger partial charge in [0.2, 0.25) is 0 Å². The minimum Gasteiger partial charge on any atom is -0.326 e. The van der Waals surface area contributed by atoms with E-state index in [-0.39, 0.29) is 10.8 Å². The molecule has 5 heteroatoms. The summed E-state index contributed by atoms with van der Waals surface area (Å²) in [6.07, 6.45) is 4.35. The number of nitrogens with zero attached hydrogens (tertiary/aromatic N) is 2. The normalized spacial score (nSPS) is 14.8. The van der Waals surface area contributed by atoms with Crippen LogP contribution in [-0.2, 0) is 13.1 Å². The average Bonchev–Trinajstić information content (AvgIpc) is 3.20. The first kappa shape index (κ1) is 13.6. The molecule has 1 aliphatic rings. The van der Waals surface area contributed by atoms with Crippen molar-refractivity contribution in [2.75, 3.05) is 0 Å². The number of rotatable bonds is 5. The van der Waals surface area contributed by atoms with Gasteiger partial charge in [0.1, 0.15) is 11.6 Å². The van der Waals surface area contributed by atoms with Crippen LogP contribution in [0.4, 0.5) is 4.39 Å². The van der Waals surface area contributed by atoms with Crippen LogP contribution in [0.15, 0.2) is 24.4 Å². The van der Waals surface area contributed by atoms with Gasteiger partial charge in [0.25, 0.3) is 0 Å². The van der Waals surface area contributed by atoms with Gasteiger partial charge in [-0.25, -0.2) is 9.37 Å². The van der Waals surface area contributed by atoms with E-state index in [1.807, 2.05) is 17.7 Å². The maximum Gasteiger partial charge on any atom is 0.146 e. The fourth-order valence-corrected chi connectivity index (χ4v) is 2.44. The van der Waals surface area contributed by atoms with Crippen LogP contribution in [0.5, 0.6) is 0 Å². The van der Waals surface area contributed by atoms with Crippen molar-refractivity contribution >= 4 is 11.6 Å². The Bertz CT molecular complexity index is 620. The monoisotopic (exact) mass is 293 g/mol. The molecule has 0 spiro atoms. The summed E-state index contributed by atoms with van der Waals surface area (Å²) < 4.78 is 16.0. The Hall–Kier alpha value is -1.39. The van der Waals surface area contributed by atoms with Crippen LogP contribution in [0, 0.1) is 12.7 Å². The zero-order valence-corrected chi connectivity index (χ0v) is 12.1. The molecule has 0 saturated heterocycles. The van der Waals surface area contributed by atoms with Crippen molar-refractivity contribution in [3.05, 3.63) is 52.3 Å². The highest BCUT2D eigenvalue weighted by Crippen LogP contribution is 2.21. The molecule has 0 bridgehead atoms. The van der Waals surface area contributed by atoms with E-state index in [1.165, 1.54) is 12.8 Å². The van der Waals surface area contributed by atoms with Crippen LogP contribution >= 0.6 is 11.6 Å². The van der Waals surface area contributed by atoms with E-state index in [0.717, 1.165) is 18.1 Å². The smallest absolute Gasteiger partial charge is 0.146 e. The molecule has 2 aromatic rings. The Morgan fingerprint density at radius 2 is 2.25 bits per heavy atom. The number of halogens is 2. The SMILES string of the molecule is Cc1ncc(CNC2CC2)n1Cc1cccc(Cl)c1F.